The number of nitrogens with one attached hydrogen (secondary N) is 1. The third-order valence-electron chi connectivity index (χ3n) is 4.52. The largest absolute Gasteiger partial charge is 0.356 e. The molecule has 0 atom stereocenters. The van der Waals surface area contributed by atoms with E-state index in [1.54, 1.807) is 0 Å². The van der Waals surface area contributed by atoms with Crippen molar-refractivity contribution in [2.45, 2.75) is 52.4 Å². The van der Waals surface area contributed by atoms with Crippen molar-refractivity contribution in [1.29, 1.82) is 0 Å². The fourth-order valence-corrected chi connectivity index (χ4v) is 3.17. The Morgan fingerprint density at radius 2 is 1.86 bits per heavy atom. The van der Waals surface area contributed by atoms with E-state index in [9.17, 15) is 4.79 Å². The summed E-state index contributed by atoms with van der Waals surface area (Å²) in [6, 6.07) is 6.29. The fourth-order valence-electron chi connectivity index (χ4n) is 3.17. The monoisotopic (exact) mass is 302 g/mol. The third kappa shape index (κ3) is 5.80. The zero-order valence-electron chi connectivity index (χ0n) is 14.2. The van der Waals surface area contributed by atoms with Gasteiger partial charge in [-0.25, -0.2) is 0 Å². The van der Waals surface area contributed by atoms with Crippen LogP contribution in [0.15, 0.2) is 18.2 Å². The summed E-state index contributed by atoms with van der Waals surface area (Å²) in [5.74, 6) is 0.141. The molecule has 1 N–H and O–H groups in total. The van der Waals surface area contributed by atoms with E-state index in [0.717, 1.165) is 25.1 Å². The van der Waals surface area contributed by atoms with Gasteiger partial charge in [-0.15, -0.1) is 0 Å². The number of nitrogens with zero attached hydrogens (tertiary/aromatic N) is 1. The predicted molar refractivity (Wildman–Crippen MR) is 92.2 cm³/mol. The van der Waals surface area contributed by atoms with Crippen molar-refractivity contribution in [3.63, 3.8) is 0 Å². The molecule has 1 saturated heterocycles. The highest BCUT2D eigenvalue weighted by Crippen LogP contribution is 2.11. The summed E-state index contributed by atoms with van der Waals surface area (Å²) >= 11 is 0. The first-order valence-electron chi connectivity index (χ1n) is 8.70. The third-order valence-corrected chi connectivity index (χ3v) is 4.52. The van der Waals surface area contributed by atoms with Crippen molar-refractivity contribution < 1.29 is 4.79 Å². The van der Waals surface area contributed by atoms with Gasteiger partial charge in [-0.2, -0.15) is 0 Å². The molecule has 2 rings (SSSR count). The molecule has 0 radical (unpaired) electrons. The van der Waals surface area contributed by atoms with Gasteiger partial charge >= 0.3 is 0 Å². The lowest BCUT2D eigenvalue weighted by Crippen LogP contribution is -2.31. The van der Waals surface area contributed by atoms with E-state index in [2.05, 4.69) is 42.3 Å². The first-order chi connectivity index (χ1) is 10.6. The first kappa shape index (κ1) is 17.0. The molecule has 1 aliphatic heterocycles. The average Bonchev–Trinajstić information content (AvgIpc) is 2.75. The van der Waals surface area contributed by atoms with Gasteiger partial charge in [0, 0.05) is 6.54 Å². The Hall–Kier alpha value is -1.35. The molecule has 0 aliphatic carbocycles. The van der Waals surface area contributed by atoms with Gasteiger partial charge in [0.2, 0.25) is 5.91 Å². The van der Waals surface area contributed by atoms with Crippen molar-refractivity contribution >= 4 is 5.91 Å². The molecule has 3 heteroatoms. The number of aryl methyl sites for hydroxylation is 2. The van der Waals surface area contributed by atoms with E-state index < -0.39 is 0 Å². The fraction of sp³-hybridized carbons (Fsp3) is 0.632. The maximum Gasteiger partial charge on any atom is 0.224 e. The average molecular weight is 302 g/mol. The minimum Gasteiger partial charge on any atom is -0.356 e. The second kappa shape index (κ2) is 8.94. The Bertz CT molecular complexity index is 476. The van der Waals surface area contributed by atoms with Crippen molar-refractivity contribution in [3.05, 3.63) is 34.9 Å². The number of amides is 1. The van der Waals surface area contributed by atoms with Gasteiger partial charge in [0.1, 0.15) is 0 Å². The van der Waals surface area contributed by atoms with Crippen LogP contribution in [0.25, 0.3) is 0 Å². The minimum atomic E-state index is 0.141. The van der Waals surface area contributed by atoms with Crippen LogP contribution in [-0.2, 0) is 11.2 Å². The number of rotatable bonds is 6. The lowest BCUT2D eigenvalue weighted by Gasteiger charge is -2.19. The zero-order chi connectivity index (χ0) is 15.8. The summed E-state index contributed by atoms with van der Waals surface area (Å²) in [7, 11) is 0. The molecule has 0 spiro atoms. The Labute approximate surface area is 135 Å². The van der Waals surface area contributed by atoms with Gasteiger partial charge in [-0.05, 0) is 63.9 Å². The number of carbonyl (C=O) groups is 1. The van der Waals surface area contributed by atoms with Gasteiger partial charge in [-0.1, -0.05) is 36.6 Å². The highest BCUT2D eigenvalue weighted by atomic mass is 16.1. The Kier molecular flexibility index (Phi) is 6.91. The van der Waals surface area contributed by atoms with Crippen LogP contribution < -0.4 is 5.32 Å². The molecule has 1 heterocycles. The zero-order valence-corrected chi connectivity index (χ0v) is 14.2. The highest BCUT2D eigenvalue weighted by Gasteiger charge is 2.09. The number of benzene rings is 1. The van der Waals surface area contributed by atoms with E-state index in [4.69, 9.17) is 0 Å². The van der Waals surface area contributed by atoms with Crippen molar-refractivity contribution in [2.24, 2.45) is 0 Å². The van der Waals surface area contributed by atoms with Crippen LogP contribution in [0, 0.1) is 13.8 Å². The van der Waals surface area contributed by atoms with Gasteiger partial charge < -0.3 is 10.2 Å². The number of hydrogen-bond donors (Lipinski definition) is 1. The minimum absolute atomic E-state index is 0.141. The summed E-state index contributed by atoms with van der Waals surface area (Å²) in [5, 5.41) is 3.06. The molecule has 1 aromatic rings. The van der Waals surface area contributed by atoms with Crippen molar-refractivity contribution in [2.75, 3.05) is 26.2 Å². The highest BCUT2D eigenvalue weighted by molar-refractivity contribution is 5.78. The molecular weight excluding hydrogens is 272 g/mol. The summed E-state index contributed by atoms with van der Waals surface area (Å²) < 4.78 is 0. The quantitative estimate of drug-likeness (QED) is 0.818. The molecule has 1 aromatic carbocycles. The van der Waals surface area contributed by atoms with Crippen LogP contribution in [0.1, 0.15) is 48.8 Å². The van der Waals surface area contributed by atoms with E-state index in [1.165, 1.54) is 49.9 Å². The van der Waals surface area contributed by atoms with Crippen LogP contribution in [0.3, 0.4) is 0 Å². The second-order valence-electron chi connectivity index (χ2n) is 6.57. The maximum absolute atomic E-state index is 12.0. The molecule has 0 aromatic heterocycles. The SMILES string of the molecule is Cc1ccc(CC(=O)NCCCN2CCCCCC2)c(C)c1. The normalized spacial score (nSPS) is 16.3. The summed E-state index contributed by atoms with van der Waals surface area (Å²) in [6.45, 7) is 8.53. The Morgan fingerprint density at radius 3 is 2.55 bits per heavy atom. The van der Waals surface area contributed by atoms with Gasteiger partial charge in [0.05, 0.1) is 6.42 Å². The molecule has 1 fully saturated rings. The van der Waals surface area contributed by atoms with Gasteiger partial charge in [-0.3, -0.25) is 4.79 Å². The molecule has 1 amide bonds. The van der Waals surface area contributed by atoms with E-state index >= 15 is 0 Å². The van der Waals surface area contributed by atoms with E-state index in [-0.39, 0.29) is 5.91 Å². The van der Waals surface area contributed by atoms with Crippen LogP contribution in [0.2, 0.25) is 0 Å². The van der Waals surface area contributed by atoms with Gasteiger partial charge in [0.25, 0.3) is 0 Å². The topological polar surface area (TPSA) is 32.3 Å². The Morgan fingerprint density at radius 1 is 1.14 bits per heavy atom. The van der Waals surface area contributed by atoms with Crippen LogP contribution in [-0.4, -0.2) is 37.0 Å². The summed E-state index contributed by atoms with van der Waals surface area (Å²) in [6.07, 6.45) is 6.97. The molecule has 1 aliphatic rings. The summed E-state index contributed by atoms with van der Waals surface area (Å²) in [4.78, 5) is 14.6. The van der Waals surface area contributed by atoms with E-state index in [1.807, 2.05) is 0 Å². The molecule has 122 valence electrons. The van der Waals surface area contributed by atoms with Gasteiger partial charge in [0.15, 0.2) is 0 Å². The Balaban J connectivity index is 1.65. The number of carbonyl (C=O) groups excluding carboxylic acids is 1. The number of hydrogen-bond acceptors (Lipinski definition) is 2. The first-order valence-corrected chi connectivity index (χ1v) is 8.70. The molecule has 0 bridgehead atoms. The molecule has 0 saturated carbocycles. The van der Waals surface area contributed by atoms with Crippen LogP contribution >= 0.6 is 0 Å². The lowest BCUT2D eigenvalue weighted by molar-refractivity contribution is -0.120. The van der Waals surface area contributed by atoms with Crippen molar-refractivity contribution in [1.82, 2.24) is 10.2 Å². The molecular formula is C19H30N2O. The summed E-state index contributed by atoms with van der Waals surface area (Å²) in [5.41, 5.74) is 3.59. The van der Waals surface area contributed by atoms with Crippen LogP contribution in [0.5, 0.6) is 0 Å². The smallest absolute Gasteiger partial charge is 0.224 e. The van der Waals surface area contributed by atoms with Crippen LogP contribution in [0.4, 0.5) is 0 Å². The molecule has 22 heavy (non-hydrogen) atoms. The van der Waals surface area contributed by atoms with E-state index in [0.29, 0.717) is 6.42 Å². The maximum atomic E-state index is 12.0. The number of likely N-dealkylation sites (tertiary alicyclic amines) is 1. The second-order valence-corrected chi connectivity index (χ2v) is 6.57. The standard InChI is InChI=1S/C19H30N2O/c1-16-8-9-18(17(2)14-16)15-19(22)20-10-7-13-21-11-5-3-4-6-12-21/h8-9,14H,3-7,10-13,15H2,1-2H3,(H,20,22). The van der Waals surface area contributed by atoms with Crippen molar-refractivity contribution in [3.8, 4) is 0 Å². The lowest BCUT2D eigenvalue weighted by atomic mass is 10.0. The molecule has 3 nitrogen and oxygen atoms in total. The molecule has 0 unspecified atom stereocenters. The predicted octanol–water partition coefficient (Wildman–Crippen LogP) is 3.23.